The fraction of sp³-hybridized carbons (Fsp3) is 0.429. The third-order valence-electron chi connectivity index (χ3n) is 2.80. The van der Waals surface area contributed by atoms with Crippen molar-refractivity contribution >= 4 is 23.8 Å². The molecule has 11 heteroatoms. The summed E-state index contributed by atoms with van der Waals surface area (Å²) in [6.45, 7) is 4.57. The van der Waals surface area contributed by atoms with Crippen molar-refractivity contribution in [1.29, 1.82) is 0 Å². The van der Waals surface area contributed by atoms with Crippen LogP contribution in [0.2, 0.25) is 0 Å². The largest absolute Gasteiger partial charge is 0.394 e. The zero-order chi connectivity index (χ0) is 19.5. The van der Waals surface area contributed by atoms with Gasteiger partial charge in [0.25, 0.3) is 11.8 Å². The molecule has 1 aliphatic rings. The maximum absolute atomic E-state index is 10.8. The van der Waals surface area contributed by atoms with Gasteiger partial charge in [-0.05, 0) is 0 Å². The molecule has 140 valence electrons. The van der Waals surface area contributed by atoms with Gasteiger partial charge in [0.05, 0.1) is 19.8 Å². The van der Waals surface area contributed by atoms with E-state index in [-0.39, 0.29) is 12.8 Å². The van der Waals surface area contributed by atoms with Crippen LogP contribution in [0.3, 0.4) is 0 Å². The first-order valence-electron chi connectivity index (χ1n) is 6.92. The molecule has 0 saturated carbocycles. The molecular formula is C14H20N2O9. The molecule has 1 saturated heterocycles. The summed E-state index contributed by atoms with van der Waals surface area (Å²) < 4.78 is 0. The number of rotatable bonds is 8. The first-order chi connectivity index (χ1) is 11.8. The molecular weight excluding hydrogens is 340 g/mol. The lowest BCUT2D eigenvalue weighted by Crippen LogP contribution is -2.55. The van der Waals surface area contributed by atoms with Crippen LogP contribution in [0.1, 0.15) is 12.8 Å². The molecule has 2 amide bonds. The standard InChI is InChI=1S/C7H13NO5.C7H7NO4/c1-2-6(12)13-8-7(3-9,4-10)5-11;1-2-7(11)12-8-5(9)3-4-6(8)10/h2,8-11H,1,3-5H2;2H,1,3-4H2. The first-order valence-corrected chi connectivity index (χ1v) is 6.92. The number of carbonyl (C=O) groups excluding carboxylic acids is 4. The lowest BCUT2D eigenvalue weighted by molar-refractivity contribution is -0.193. The van der Waals surface area contributed by atoms with Crippen LogP contribution < -0.4 is 5.48 Å². The van der Waals surface area contributed by atoms with Crippen LogP contribution in [0.25, 0.3) is 0 Å². The average molecular weight is 360 g/mol. The number of carbonyl (C=O) groups is 4. The summed E-state index contributed by atoms with van der Waals surface area (Å²) in [5, 5.41) is 26.8. The van der Waals surface area contributed by atoms with Crippen molar-refractivity contribution in [2.45, 2.75) is 18.4 Å². The molecule has 0 atom stereocenters. The molecule has 11 nitrogen and oxygen atoms in total. The Morgan fingerprint density at radius 3 is 1.84 bits per heavy atom. The van der Waals surface area contributed by atoms with Gasteiger partial charge in [-0.2, -0.15) is 0 Å². The Balaban J connectivity index is 0.000000462. The molecule has 0 aliphatic carbocycles. The van der Waals surface area contributed by atoms with Gasteiger partial charge in [0.2, 0.25) is 0 Å². The van der Waals surface area contributed by atoms with Gasteiger partial charge in [0.1, 0.15) is 5.54 Å². The molecule has 0 spiro atoms. The molecule has 1 rings (SSSR count). The summed E-state index contributed by atoms with van der Waals surface area (Å²) in [4.78, 5) is 51.5. The number of hydroxylamine groups is 3. The predicted octanol–water partition coefficient (Wildman–Crippen LogP) is -2.28. The third-order valence-corrected chi connectivity index (χ3v) is 2.80. The molecule has 1 fully saturated rings. The van der Waals surface area contributed by atoms with Gasteiger partial charge in [-0.15, -0.1) is 10.5 Å². The molecule has 0 aromatic heterocycles. The van der Waals surface area contributed by atoms with Crippen molar-refractivity contribution in [3.05, 3.63) is 25.3 Å². The number of imide groups is 1. The number of hydrogen-bond donors (Lipinski definition) is 4. The van der Waals surface area contributed by atoms with E-state index in [1.165, 1.54) is 0 Å². The van der Waals surface area contributed by atoms with Gasteiger partial charge in [0, 0.05) is 25.0 Å². The van der Waals surface area contributed by atoms with Crippen LogP contribution in [0, 0.1) is 0 Å². The second-order valence-electron chi connectivity index (χ2n) is 4.68. The van der Waals surface area contributed by atoms with Crippen LogP contribution >= 0.6 is 0 Å². The Labute approximate surface area is 143 Å². The van der Waals surface area contributed by atoms with E-state index >= 15 is 0 Å². The van der Waals surface area contributed by atoms with E-state index in [4.69, 9.17) is 15.3 Å². The Bertz CT molecular complexity index is 504. The van der Waals surface area contributed by atoms with Gasteiger partial charge in [0.15, 0.2) is 0 Å². The predicted molar refractivity (Wildman–Crippen MR) is 80.8 cm³/mol. The second kappa shape index (κ2) is 11.0. The molecule has 1 aliphatic heterocycles. The van der Waals surface area contributed by atoms with Crippen LogP contribution in [0.4, 0.5) is 0 Å². The summed E-state index contributed by atoms with van der Waals surface area (Å²) >= 11 is 0. The van der Waals surface area contributed by atoms with E-state index in [0.29, 0.717) is 5.06 Å². The van der Waals surface area contributed by atoms with E-state index in [1.807, 2.05) is 0 Å². The minimum absolute atomic E-state index is 0.100. The normalized spacial score (nSPS) is 13.6. The molecule has 0 aromatic carbocycles. The van der Waals surface area contributed by atoms with Crippen molar-refractivity contribution in [2.24, 2.45) is 0 Å². The van der Waals surface area contributed by atoms with Gasteiger partial charge in [-0.1, -0.05) is 13.2 Å². The Morgan fingerprint density at radius 1 is 1.04 bits per heavy atom. The highest BCUT2D eigenvalue weighted by molar-refractivity contribution is 6.02. The van der Waals surface area contributed by atoms with E-state index in [2.05, 4.69) is 28.3 Å². The molecule has 25 heavy (non-hydrogen) atoms. The molecule has 4 N–H and O–H groups in total. The Hall–Kier alpha value is -2.60. The van der Waals surface area contributed by atoms with E-state index < -0.39 is 49.1 Å². The fourth-order valence-electron chi connectivity index (χ4n) is 1.23. The van der Waals surface area contributed by atoms with Crippen LogP contribution in [0.5, 0.6) is 0 Å². The summed E-state index contributed by atoms with van der Waals surface area (Å²) in [5.74, 6) is -2.55. The number of nitrogens with one attached hydrogen (secondary N) is 1. The number of hydrogen-bond acceptors (Lipinski definition) is 10. The minimum atomic E-state index is -1.42. The second-order valence-corrected chi connectivity index (χ2v) is 4.68. The average Bonchev–Trinajstić information content (AvgIpc) is 2.95. The number of nitrogens with zero attached hydrogens (tertiary/aromatic N) is 1. The van der Waals surface area contributed by atoms with Crippen LogP contribution in [-0.2, 0) is 28.9 Å². The van der Waals surface area contributed by atoms with Gasteiger partial charge in [-0.25, -0.2) is 9.59 Å². The van der Waals surface area contributed by atoms with E-state index in [1.54, 1.807) is 0 Å². The van der Waals surface area contributed by atoms with Crippen molar-refractivity contribution < 1.29 is 44.2 Å². The smallest absolute Gasteiger partial charge is 0.356 e. The fourth-order valence-corrected chi connectivity index (χ4v) is 1.23. The van der Waals surface area contributed by atoms with Crippen molar-refractivity contribution in [2.75, 3.05) is 19.8 Å². The first kappa shape index (κ1) is 22.4. The molecule has 0 bridgehead atoms. The quantitative estimate of drug-likeness (QED) is 0.211. The maximum Gasteiger partial charge on any atom is 0.356 e. The topological polar surface area (TPSA) is 163 Å². The molecule has 1 heterocycles. The van der Waals surface area contributed by atoms with Crippen LogP contribution in [-0.4, -0.2) is 69.5 Å². The number of amides is 2. The molecule has 0 aromatic rings. The third kappa shape index (κ3) is 7.22. The highest BCUT2D eigenvalue weighted by Gasteiger charge is 2.32. The number of aliphatic hydroxyl groups is 3. The highest BCUT2D eigenvalue weighted by atomic mass is 16.7. The summed E-state index contributed by atoms with van der Waals surface area (Å²) in [5.41, 5.74) is 0.644. The van der Waals surface area contributed by atoms with E-state index in [9.17, 15) is 19.2 Å². The number of aliphatic hydroxyl groups excluding tert-OH is 3. The van der Waals surface area contributed by atoms with Gasteiger partial charge >= 0.3 is 11.9 Å². The zero-order valence-corrected chi connectivity index (χ0v) is 13.3. The molecule has 0 unspecified atom stereocenters. The van der Waals surface area contributed by atoms with Gasteiger partial charge in [-0.3, -0.25) is 9.59 Å². The SMILES string of the molecule is C=CC(=O)ON1C(=O)CCC1=O.C=CC(=O)ONC(CO)(CO)CO. The highest BCUT2D eigenvalue weighted by Crippen LogP contribution is 2.11. The Kier molecular flexibility index (Phi) is 9.89. The lowest BCUT2D eigenvalue weighted by Gasteiger charge is -2.26. The van der Waals surface area contributed by atoms with Crippen molar-refractivity contribution in [3.63, 3.8) is 0 Å². The summed E-state index contributed by atoms with van der Waals surface area (Å²) in [7, 11) is 0. The minimum Gasteiger partial charge on any atom is -0.394 e. The summed E-state index contributed by atoms with van der Waals surface area (Å²) in [6, 6.07) is 0. The summed E-state index contributed by atoms with van der Waals surface area (Å²) in [6.07, 6.45) is 2.00. The maximum atomic E-state index is 10.8. The lowest BCUT2D eigenvalue weighted by atomic mass is 10.1. The van der Waals surface area contributed by atoms with Crippen molar-refractivity contribution in [1.82, 2.24) is 10.5 Å². The van der Waals surface area contributed by atoms with E-state index in [0.717, 1.165) is 12.2 Å². The zero-order valence-electron chi connectivity index (χ0n) is 13.3. The molecule has 0 radical (unpaired) electrons. The van der Waals surface area contributed by atoms with Crippen molar-refractivity contribution in [3.8, 4) is 0 Å². The Morgan fingerprint density at radius 2 is 1.48 bits per heavy atom. The monoisotopic (exact) mass is 360 g/mol. The van der Waals surface area contributed by atoms with Gasteiger partial charge < -0.3 is 25.0 Å². The van der Waals surface area contributed by atoms with Crippen LogP contribution in [0.15, 0.2) is 25.3 Å².